The predicted octanol–water partition coefficient (Wildman–Crippen LogP) is 4.31. The Bertz CT molecular complexity index is 583. The van der Waals surface area contributed by atoms with Gasteiger partial charge < -0.3 is 5.73 Å². The van der Waals surface area contributed by atoms with Crippen molar-refractivity contribution in [3.63, 3.8) is 0 Å². The number of fused-ring (bicyclic) bond motifs is 1. The second-order valence-electron chi connectivity index (χ2n) is 5.61. The number of nitrogens with zero attached hydrogens (tertiary/aromatic N) is 1. The van der Waals surface area contributed by atoms with Crippen LogP contribution in [0.1, 0.15) is 44.9 Å². The molecule has 3 heteroatoms. The molecule has 1 aromatic carbocycles. The molecular weight excluding hydrogens is 288 g/mol. The van der Waals surface area contributed by atoms with E-state index in [2.05, 4.69) is 41.9 Å². The molecule has 0 unspecified atom stereocenters. The normalized spacial score (nSPS) is 12.4. The quantitative estimate of drug-likeness (QED) is 0.897. The van der Waals surface area contributed by atoms with Crippen LogP contribution in [-0.4, -0.2) is 4.98 Å². The minimum Gasteiger partial charge on any atom is -0.322 e. The van der Waals surface area contributed by atoms with E-state index in [0.29, 0.717) is 5.92 Å². The van der Waals surface area contributed by atoms with Crippen molar-refractivity contribution in [1.29, 1.82) is 0 Å². The molecule has 0 atom stereocenters. The molecule has 0 aliphatic heterocycles. The molecule has 0 saturated carbocycles. The highest BCUT2D eigenvalue weighted by Crippen LogP contribution is 2.32. The smallest absolute Gasteiger partial charge is 0.0850 e. The molecule has 1 heterocycles. The Kier molecular flexibility index (Phi) is 3.47. The van der Waals surface area contributed by atoms with Gasteiger partial charge in [0.05, 0.1) is 5.52 Å². The Balaban J connectivity index is 2.86. The fourth-order valence-electron chi connectivity index (χ4n) is 2.06. The summed E-state index contributed by atoms with van der Waals surface area (Å²) in [6.07, 6.45) is 0. The van der Waals surface area contributed by atoms with E-state index in [0.717, 1.165) is 26.6 Å². The molecular formula is C15H19BrN2. The Morgan fingerprint density at radius 2 is 1.94 bits per heavy atom. The molecule has 0 aliphatic rings. The monoisotopic (exact) mass is 306 g/mol. The number of pyridine rings is 1. The van der Waals surface area contributed by atoms with Gasteiger partial charge in [-0.3, -0.25) is 4.98 Å². The summed E-state index contributed by atoms with van der Waals surface area (Å²) in [5.74, 6) is 0.391. The Morgan fingerprint density at radius 3 is 2.50 bits per heavy atom. The summed E-state index contributed by atoms with van der Waals surface area (Å²) in [5.41, 5.74) is 9.16. The zero-order valence-electron chi connectivity index (χ0n) is 11.3. The van der Waals surface area contributed by atoms with Crippen LogP contribution in [0.15, 0.2) is 28.7 Å². The molecule has 2 N–H and O–H groups in total. The third kappa shape index (κ3) is 2.43. The van der Waals surface area contributed by atoms with E-state index in [1.165, 1.54) is 0 Å². The van der Waals surface area contributed by atoms with E-state index in [4.69, 9.17) is 10.7 Å². The largest absolute Gasteiger partial charge is 0.322 e. The minimum absolute atomic E-state index is 0.369. The second kappa shape index (κ2) is 4.63. The average molecular weight is 307 g/mol. The maximum atomic E-state index is 6.30. The van der Waals surface area contributed by atoms with Crippen molar-refractivity contribution in [2.45, 2.75) is 39.2 Å². The van der Waals surface area contributed by atoms with Gasteiger partial charge in [-0.25, -0.2) is 0 Å². The molecule has 2 rings (SSSR count). The van der Waals surface area contributed by atoms with Gasteiger partial charge in [-0.2, -0.15) is 0 Å². The van der Waals surface area contributed by atoms with Crippen LogP contribution in [0, 0.1) is 0 Å². The number of benzene rings is 1. The van der Waals surface area contributed by atoms with Crippen molar-refractivity contribution in [1.82, 2.24) is 4.98 Å². The van der Waals surface area contributed by atoms with E-state index in [9.17, 15) is 0 Å². The van der Waals surface area contributed by atoms with Crippen molar-refractivity contribution in [2.24, 2.45) is 5.73 Å². The van der Waals surface area contributed by atoms with Crippen molar-refractivity contribution in [3.05, 3.63) is 40.0 Å². The zero-order valence-corrected chi connectivity index (χ0v) is 12.9. The van der Waals surface area contributed by atoms with E-state index >= 15 is 0 Å². The first-order valence-corrected chi connectivity index (χ1v) is 6.98. The molecule has 0 aliphatic carbocycles. The number of nitrogens with two attached hydrogens (primary N) is 1. The molecule has 0 bridgehead atoms. The van der Waals surface area contributed by atoms with E-state index in [1.807, 2.05) is 26.0 Å². The average Bonchev–Trinajstić information content (AvgIpc) is 2.27. The van der Waals surface area contributed by atoms with Crippen LogP contribution >= 0.6 is 15.9 Å². The van der Waals surface area contributed by atoms with Crippen LogP contribution in [0.5, 0.6) is 0 Å². The molecule has 0 radical (unpaired) electrons. The fourth-order valence-corrected chi connectivity index (χ4v) is 2.52. The second-order valence-corrected chi connectivity index (χ2v) is 6.46. The lowest BCUT2D eigenvalue weighted by Crippen LogP contribution is -2.29. The fraction of sp³-hybridized carbons (Fsp3) is 0.400. The lowest BCUT2D eigenvalue weighted by Gasteiger charge is -2.23. The van der Waals surface area contributed by atoms with E-state index in [-0.39, 0.29) is 5.54 Å². The first kappa shape index (κ1) is 13.5. The van der Waals surface area contributed by atoms with Gasteiger partial charge in [-0.1, -0.05) is 26.0 Å². The van der Waals surface area contributed by atoms with Crippen molar-refractivity contribution in [2.75, 3.05) is 0 Å². The van der Waals surface area contributed by atoms with Gasteiger partial charge in [-0.05, 0) is 53.4 Å². The summed E-state index contributed by atoms with van der Waals surface area (Å²) in [7, 11) is 0. The topological polar surface area (TPSA) is 38.9 Å². The molecule has 0 spiro atoms. The first-order chi connectivity index (χ1) is 8.30. The summed E-state index contributed by atoms with van der Waals surface area (Å²) < 4.78 is 1.02. The lowest BCUT2D eigenvalue weighted by atomic mass is 9.90. The van der Waals surface area contributed by atoms with Crippen molar-refractivity contribution in [3.8, 4) is 0 Å². The molecule has 2 nitrogen and oxygen atoms in total. The first-order valence-electron chi connectivity index (χ1n) is 6.19. The molecule has 0 saturated heterocycles. The summed E-state index contributed by atoms with van der Waals surface area (Å²) in [5, 5.41) is 1.13. The SMILES string of the molecule is CC(C)c1cc(C(C)(C)N)c2cccc(Br)c2n1. The molecule has 1 aromatic heterocycles. The number of halogens is 1. The summed E-state index contributed by atoms with van der Waals surface area (Å²) in [6, 6.07) is 8.27. The van der Waals surface area contributed by atoms with Crippen LogP contribution in [-0.2, 0) is 5.54 Å². The Labute approximate surface area is 117 Å². The van der Waals surface area contributed by atoms with Crippen LogP contribution in [0.25, 0.3) is 10.9 Å². The van der Waals surface area contributed by atoms with Gasteiger partial charge in [0.25, 0.3) is 0 Å². The third-order valence-electron chi connectivity index (χ3n) is 3.10. The van der Waals surface area contributed by atoms with Gasteiger partial charge >= 0.3 is 0 Å². The number of para-hydroxylation sites is 1. The molecule has 18 heavy (non-hydrogen) atoms. The molecule has 2 aromatic rings. The van der Waals surface area contributed by atoms with Gasteiger partial charge in [0.1, 0.15) is 0 Å². The van der Waals surface area contributed by atoms with Crippen LogP contribution in [0.4, 0.5) is 0 Å². The zero-order chi connectivity index (χ0) is 13.5. The highest BCUT2D eigenvalue weighted by molar-refractivity contribution is 9.10. The number of hydrogen-bond donors (Lipinski definition) is 1. The molecule has 96 valence electrons. The van der Waals surface area contributed by atoms with Crippen molar-refractivity contribution < 1.29 is 0 Å². The minimum atomic E-state index is -0.369. The lowest BCUT2D eigenvalue weighted by molar-refractivity contribution is 0.557. The highest BCUT2D eigenvalue weighted by atomic mass is 79.9. The third-order valence-corrected chi connectivity index (χ3v) is 3.74. The van der Waals surface area contributed by atoms with Gasteiger partial charge in [-0.15, -0.1) is 0 Å². The molecule has 0 fully saturated rings. The standard InChI is InChI=1S/C15H19BrN2/c1-9(2)13-8-11(15(3,4)17)10-6-5-7-12(16)14(10)18-13/h5-9H,17H2,1-4H3. The summed E-state index contributed by atoms with van der Waals surface area (Å²) >= 11 is 3.58. The van der Waals surface area contributed by atoms with Crippen LogP contribution in [0.2, 0.25) is 0 Å². The maximum absolute atomic E-state index is 6.30. The summed E-state index contributed by atoms with van der Waals surface area (Å²) in [6.45, 7) is 8.37. The van der Waals surface area contributed by atoms with Gasteiger partial charge in [0, 0.05) is 21.1 Å². The predicted molar refractivity (Wildman–Crippen MR) is 80.7 cm³/mol. The van der Waals surface area contributed by atoms with Crippen LogP contribution in [0.3, 0.4) is 0 Å². The summed E-state index contributed by atoms with van der Waals surface area (Å²) in [4.78, 5) is 4.75. The molecule has 0 amide bonds. The van der Waals surface area contributed by atoms with Crippen LogP contribution < -0.4 is 5.73 Å². The number of hydrogen-bond acceptors (Lipinski definition) is 2. The number of rotatable bonds is 2. The van der Waals surface area contributed by atoms with Gasteiger partial charge in [0.15, 0.2) is 0 Å². The maximum Gasteiger partial charge on any atom is 0.0850 e. The Hall–Kier alpha value is -0.930. The van der Waals surface area contributed by atoms with E-state index in [1.54, 1.807) is 0 Å². The van der Waals surface area contributed by atoms with Gasteiger partial charge in [0.2, 0.25) is 0 Å². The van der Waals surface area contributed by atoms with E-state index < -0.39 is 0 Å². The highest BCUT2D eigenvalue weighted by Gasteiger charge is 2.20. The number of aromatic nitrogens is 1. The van der Waals surface area contributed by atoms with Crippen molar-refractivity contribution >= 4 is 26.8 Å². The Morgan fingerprint density at radius 1 is 1.28 bits per heavy atom.